The van der Waals surface area contributed by atoms with Crippen LogP contribution < -0.4 is 5.73 Å². The van der Waals surface area contributed by atoms with Crippen molar-refractivity contribution in [3.8, 4) is 0 Å². The maximum absolute atomic E-state index is 12.2. The number of carbonyl (C=O) groups excluding carboxylic acids is 1. The molecule has 3 fully saturated rings. The minimum absolute atomic E-state index is 0.231. The van der Waals surface area contributed by atoms with Crippen LogP contribution in [0.2, 0.25) is 0 Å². The molecule has 2 N–H and O–H groups in total. The van der Waals surface area contributed by atoms with E-state index >= 15 is 0 Å². The number of likely N-dealkylation sites (tertiary alicyclic amines) is 1. The first-order valence-electron chi connectivity index (χ1n) is 6.72. The van der Waals surface area contributed by atoms with Crippen LogP contribution in [-0.2, 0) is 4.79 Å². The van der Waals surface area contributed by atoms with Crippen molar-refractivity contribution >= 4 is 5.91 Å². The van der Waals surface area contributed by atoms with Gasteiger partial charge in [-0.15, -0.1) is 0 Å². The molecular weight excluding hydrogens is 200 g/mol. The van der Waals surface area contributed by atoms with E-state index in [2.05, 4.69) is 4.90 Å². The monoisotopic (exact) mass is 222 g/mol. The Bertz CT molecular complexity index is 303. The third kappa shape index (κ3) is 1.65. The molecule has 2 aliphatic carbocycles. The van der Waals surface area contributed by atoms with E-state index in [0.29, 0.717) is 5.41 Å². The Morgan fingerprint density at radius 1 is 1.00 bits per heavy atom. The molecule has 16 heavy (non-hydrogen) atoms. The number of rotatable bonds is 1. The van der Waals surface area contributed by atoms with Crippen LogP contribution in [0.3, 0.4) is 0 Å². The first kappa shape index (κ1) is 10.6. The van der Waals surface area contributed by atoms with E-state index in [4.69, 9.17) is 5.73 Å². The van der Waals surface area contributed by atoms with Crippen LogP contribution in [0.4, 0.5) is 0 Å². The van der Waals surface area contributed by atoms with Crippen molar-refractivity contribution < 1.29 is 4.79 Å². The average molecular weight is 222 g/mol. The van der Waals surface area contributed by atoms with Crippen LogP contribution in [-0.4, -0.2) is 29.4 Å². The van der Waals surface area contributed by atoms with Gasteiger partial charge in [0.1, 0.15) is 0 Å². The highest BCUT2D eigenvalue weighted by Crippen LogP contribution is 2.45. The predicted octanol–water partition coefficient (Wildman–Crippen LogP) is 1.66. The minimum atomic E-state index is -0.458. The molecule has 3 rings (SSSR count). The summed E-state index contributed by atoms with van der Waals surface area (Å²) >= 11 is 0. The molecule has 3 heteroatoms. The smallest absolute Gasteiger partial charge is 0.242 e. The van der Waals surface area contributed by atoms with Crippen LogP contribution in [0.25, 0.3) is 0 Å². The van der Waals surface area contributed by atoms with Gasteiger partial charge in [-0.3, -0.25) is 4.79 Å². The molecule has 0 unspecified atom stereocenters. The van der Waals surface area contributed by atoms with Gasteiger partial charge in [-0.05, 0) is 37.5 Å². The van der Waals surface area contributed by atoms with Crippen molar-refractivity contribution in [1.29, 1.82) is 0 Å². The van der Waals surface area contributed by atoms with Crippen LogP contribution in [0.15, 0.2) is 0 Å². The van der Waals surface area contributed by atoms with Gasteiger partial charge in [0, 0.05) is 13.1 Å². The predicted molar refractivity (Wildman–Crippen MR) is 62.9 cm³/mol. The highest BCUT2D eigenvalue weighted by Gasteiger charge is 2.51. The second-order valence-corrected chi connectivity index (χ2v) is 6.19. The fourth-order valence-electron chi connectivity index (χ4n) is 3.48. The quantitative estimate of drug-likeness (QED) is 0.733. The van der Waals surface area contributed by atoms with Crippen LogP contribution in [0, 0.1) is 5.41 Å². The summed E-state index contributed by atoms with van der Waals surface area (Å²) in [7, 11) is 0. The van der Waals surface area contributed by atoms with E-state index in [-0.39, 0.29) is 5.91 Å². The number of hydrogen-bond donors (Lipinski definition) is 1. The van der Waals surface area contributed by atoms with E-state index in [1.165, 1.54) is 38.5 Å². The Kier molecular flexibility index (Phi) is 2.29. The van der Waals surface area contributed by atoms with Crippen LogP contribution in [0.5, 0.6) is 0 Å². The van der Waals surface area contributed by atoms with Gasteiger partial charge in [0.2, 0.25) is 5.91 Å². The van der Waals surface area contributed by atoms with Crippen molar-refractivity contribution in [1.82, 2.24) is 4.90 Å². The molecule has 3 aliphatic rings. The molecule has 0 atom stereocenters. The van der Waals surface area contributed by atoms with Crippen molar-refractivity contribution in [2.75, 3.05) is 13.1 Å². The van der Waals surface area contributed by atoms with Gasteiger partial charge in [-0.2, -0.15) is 0 Å². The van der Waals surface area contributed by atoms with E-state index in [9.17, 15) is 4.79 Å². The van der Waals surface area contributed by atoms with E-state index < -0.39 is 5.54 Å². The minimum Gasteiger partial charge on any atom is -0.341 e. The Morgan fingerprint density at radius 3 is 2.31 bits per heavy atom. The molecule has 3 nitrogen and oxygen atoms in total. The van der Waals surface area contributed by atoms with Crippen molar-refractivity contribution in [2.24, 2.45) is 11.1 Å². The number of amides is 1. The second kappa shape index (κ2) is 3.46. The molecule has 1 saturated heterocycles. The summed E-state index contributed by atoms with van der Waals surface area (Å²) in [6.07, 6.45) is 9.77. The molecular formula is C13H22N2O. The Balaban J connectivity index is 1.66. The Morgan fingerprint density at radius 2 is 1.69 bits per heavy atom. The lowest BCUT2D eigenvalue weighted by molar-refractivity contribution is -0.133. The molecule has 1 amide bonds. The summed E-state index contributed by atoms with van der Waals surface area (Å²) < 4.78 is 0. The van der Waals surface area contributed by atoms with Crippen LogP contribution >= 0.6 is 0 Å². The SMILES string of the molecule is NC1(C(=O)N2CCC3(CCCCC3)C2)CC1. The molecule has 1 heterocycles. The zero-order valence-electron chi connectivity index (χ0n) is 10.0. The topological polar surface area (TPSA) is 46.3 Å². The van der Waals surface area contributed by atoms with Gasteiger partial charge in [-0.1, -0.05) is 19.3 Å². The lowest BCUT2D eigenvalue weighted by atomic mass is 9.73. The van der Waals surface area contributed by atoms with E-state index in [1.807, 2.05) is 0 Å². The normalized spacial score (nSPS) is 30.7. The average Bonchev–Trinajstić information content (AvgIpc) is 2.92. The maximum Gasteiger partial charge on any atom is 0.242 e. The molecule has 0 radical (unpaired) electrons. The van der Waals surface area contributed by atoms with Gasteiger partial charge in [0.15, 0.2) is 0 Å². The van der Waals surface area contributed by atoms with Gasteiger partial charge in [-0.25, -0.2) is 0 Å². The van der Waals surface area contributed by atoms with E-state index in [0.717, 1.165) is 25.9 Å². The maximum atomic E-state index is 12.2. The van der Waals surface area contributed by atoms with Crippen LogP contribution in [0.1, 0.15) is 51.4 Å². The third-order valence-corrected chi connectivity index (χ3v) is 4.85. The zero-order chi connectivity index (χ0) is 11.2. The number of hydrogen-bond acceptors (Lipinski definition) is 2. The summed E-state index contributed by atoms with van der Waals surface area (Å²) in [6, 6.07) is 0. The molecule has 90 valence electrons. The second-order valence-electron chi connectivity index (χ2n) is 6.19. The van der Waals surface area contributed by atoms with Crippen molar-refractivity contribution in [3.63, 3.8) is 0 Å². The molecule has 0 aromatic rings. The standard InChI is InChI=1S/C13H22N2O/c14-13(6-7-13)11(16)15-9-8-12(10-15)4-2-1-3-5-12/h1-10,14H2. The first-order valence-corrected chi connectivity index (χ1v) is 6.72. The fourth-order valence-corrected chi connectivity index (χ4v) is 3.48. The number of nitrogens with two attached hydrogens (primary N) is 1. The summed E-state index contributed by atoms with van der Waals surface area (Å²) in [5.41, 5.74) is 6.01. The highest BCUT2D eigenvalue weighted by atomic mass is 16.2. The van der Waals surface area contributed by atoms with Gasteiger partial charge >= 0.3 is 0 Å². The molecule has 0 aromatic heterocycles. The highest BCUT2D eigenvalue weighted by molar-refractivity contribution is 5.89. The van der Waals surface area contributed by atoms with E-state index in [1.54, 1.807) is 0 Å². The number of nitrogens with zero attached hydrogens (tertiary/aromatic N) is 1. The molecule has 0 bridgehead atoms. The lowest BCUT2D eigenvalue weighted by Gasteiger charge is -2.33. The fraction of sp³-hybridized carbons (Fsp3) is 0.923. The van der Waals surface area contributed by atoms with Gasteiger partial charge < -0.3 is 10.6 Å². The number of carbonyl (C=O) groups is 1. The molecule has 1 spiro atoms. The molecule has 2 saturated carbocycles. The van der Waals surface area contributed by atoms with Gasteiger partial charge in [0.05, 0.1) is 5.54 Å². The molecule has 0 aromatic carbocycles. The Labute approximate surface area is 97.4 Å². The lowest BCUT2D eigenvalue weighted by Crippen LogP contribution is -2.45. The third-order valence-electron chi connectivity index (χ3n) is 4.85. The zero-order valence-corrected chi connectivity index (χ0v) is 10.0. The van der Waals surface area contributed by atoms with Gasteiger partial charge in [0.25, 0.3) is 0 Å². The largest absolute Gasteiger partial charge is 0.341 e. The summed E-state index contributed by atoms with van der Waals surface area (Å²) in [5.74, 6) is 0.231. The van der Waals surface area contributed by atoms with Crippen molar-refractivity contribution in [3.05, 3.63) is 0 Å². The Hall–Kier alpha value is -0.570. The summed E-state index contributed by atoms with van der Waals surface area (Å²) in [5, 5.41) is 0. The molecule has 1 aliphatic heterocycles. The summed E-state index contributed by atoms with van der Waals surface area (Å²) in [6.45, 7) is 1.95. The van der Waals surface area contributed by atoms with Crippen molar-refractivity contribution in [2.45, 2.75) is 56.9 Å². The summed E-state index contributed by atoms with van der Waals surface area (Å²) in [4.78, 5) is 14.2. The first-order chi connectivity index (χ1) is 7.64.